The van der Waals surface area contributed by atoms with E-state index in [4.69, 9.17) is 5.11 Å². The molecule has 7 heteroatoms. The Bertz CT molecular complexity index is 581. The molecule has 0 saturated carbocycles. The molecule has 2 N–H and O–H groups in total. The molecule has 0 fully saturated rings. The first kappa shape index (κ1) is 16.6. The predicted octanol–water partition coefficient (Wildman–Crippen LogP) is 2.28. The Hall–Kier alpha value is -2.44. The molecule has 0 unspecified atom stereocenters. The number of rotatable bonds is 6. The van der Waals surface area contributed by atoms with Crippen LogP contribution in [0.2, 0.25) is 0 Å². The lowest BCUT2D eigenvalue weighted by molar-refractivity contribution is -0.385. The number of amides is 1. The molecule has 0 aromatic heterocycles. The van der Waals surface area contributed by atoms with Gasteiger partial charge in [-0.25, -0.2) is 0 Å². The Labute approximate surface area is 122 Å². The van der Waals surface area contributed by atoms with Gasteiger partial charge in [0.1, 0.15) is 5.56 Å². The molecule has 0 aliphatic rings. The minimum atomic E-state index is -0.959. The number of carboxylic acids is 1. The average molecular weight is 294 g/mol. The maximum Gasteiger partial charge on any atom is 0.303 e. The van der Waals surface area contributed by atoms with Crippen molar-refractivity contribution in [2.45, 2.75) is 39.2 Å². The summed E-state index contributed by atoms with van der Waals surface area (Å²) in [6, 6.07) is 4.29. The zero-order valence-electron chi connectivity index (χ0n) is 12.2. The fraction of sp³-hybridized carbons (Fsp3) is 0.429. The number of carbonyl (C=O) groups is 2. The Morgan fingerprint density at radius 1 is 1.38 bits per heavy atom. The van der Waals surface area contributed by atoms with Gasteiger partial charge in [0.05, 0.1) is 4.92 Å². The van der Waals surface area contributed by atoms with Crippen LogP contribution in [0.15, 0.2) is 18.2 Å². The molecule has 21 heavy (non-hydrogen) atoms. The lowest BCUT2D eigenvalue weighted by atomic mass is 9.97. The molecular weight excluding hydrogens is 276 g/mol. The van der Waals surface area contributed by atoms with Gasteiger partial charge in [0, 0.05) is 18.0 Å². The van der Waals surface area contributed by atoms with Gasteiger partial charge in [-0.3, -0.25) is 19.7 Å². The van der Waals surface area contributed by atoms with E-state index in [1.807, 2.05) is 0 Å². The quantitative estimate of drug-likeness (QED) is 0.617. The third kappa shape index (κ3) is 4.87. The molecule has 0 bridgehead atoms. The molecular formula is C14H18N2O5. The highest BCUT2D eigenvalue weighted by molar-refractivity contribution is 5.98. The molecule has 7 nitrogen and oxygen atoms in total. The maximum atomic E-state index is 12.2. The SMILES string of the molecule is Cc1ccc([N+](=O)[O-])c(C(=O)NC(C)(C)CCC(=O)O)c1. The molecule has 1 aromatic rings. The van der Waals surface area contributed by atoms with Crippen molar-refractivity contribution in [3.05, 3.63) is 39.4 Å². The molecule has 1 amide bonds. The number of aryl methyl sites for hydroxylation is 1. The van der Waals surface area contributed by atoms with E-state index < -0.39 is 22.3 Å². The second-order valence-electron chi connectivity index (χ2n) is 5.51. The topological polar surface area (TPSA) is 110 Å². The fourth-order valence-electron chi connectivity index (χ4n) is 1.85. The minimum Gasteiger partial charge on any atom is -0.481 e. The second-order valence-corrected chi connectivity index (χ2v) is 5.51. The maximum absolute atomic E-state index is 12.2. The number of aliphatic carboxylic acids is 1. The van der Waals surface area contributed by atoms with Crippen LogP contribution in [-0.4, -0.2) is 27.4 Å². The number of nitro groups is 1. The van der Waals surface area contributed by atoms with Crippen LogP contribution in [0.1, 0.15) is 42.6 Å². The van der Waals surface area contributed by atoms with E-state index in [1.54, 1.807) is 26.8 Å². The number of carboxylic acid groups (broad SMARTS) is 1. The predicted molar refractivity (Wildman–Crippen MR) is 76.2 cm³/mol. The number of nitrogens with one attached hydrogen (secondary N) is 1. The van der Waals surface area contributed by atoms with Crippen LogP contribution in [0.5, 0.6) is 0 Å². The highest BCUT2D eigenvalue weighted by atomic mass is 16.6. The van der Waals surface area contributed by atoms with Gasteiger partial charge in [-0.1, -0.05) is 6.07 Å². The van der Waals surface area contributed by atoms with Crippen LogP contribution in [0.3, 0.4) is 0 Å². The second kappa shape index (κ2) is 6.34. The van der Waals surface area contributed by atoms with E-state index in [1.165, 1.54) is 12.1 Å². The van der Waals surface area contributed by atoms with E-state index >= 15 is 0 Å². The summed E-state index contributed by atoms with van der Waals surface area (Å²) in [4.78, 5) is 33.2. The summed E-state index contributed by atoms with van der Waals surface area (Å²) in [6.07, 6.45) is 0.136. The fourth-order valence-corrected chi connectivity index (χ4v) is 1.85. The smallest absolute Gasteiger partial charge is 0.303 e. The van der Waals surface area contributed by atoms with Gasteiger partial charge in [-0.2, -0.15) is 0 Å². The lowest BCUT2D eigenvalue weighted by Crippen LogP contribution is -2.43. The van der Waals surface area contributed by atoms with E-state index in [-0.39, 0.29) is 24.1 Å². The highest BCUT2D eigenvalue weighted by Gasteiger charge is 2.26. The number of nitrogens with zero attached hydrogens (tertiary/aromatic N) is 1. The zero-order chi connectivity index (χ0) is 16.2. The van der Waals surface area contributed by atoms with Gasteiger partial charge in [0.15, 0.2) is 0 Å². The number of carbonyl (C=O) groups excluding carboxylic acids is 1. The zero-order valence-corrected chi connectivity index (χ0v) is 12.2. The van der Waals surface area contributed by atoms with Crippen LogP contribution in [0.4, 0.5) is 5.69 Å². The summed E-state index contributed by atoms with van der Waals surface area (Å²) in [6.45, 7) is 5.08. The molecule has 1 rings (SSSR count). The average Bonchev–Trinajstić information content (AvgIpc) is 2.35. The van der Waals surface area contributed by atoms with Crippen molar-refractivity contribution in [3.8, 4) is 0 Å². The van der Waals surface area contributed by atoms with Crippen LogP contribution in [0, 0.1) is 17.0 Å². The Morgan fingerprint density at radius 3 is 2.52 bits per heavy atom. The van der Waals surface area contributed by atoms with Gasteiger partial charge in [0.2, 0.25) is 0 Å². The Kier molecular flexibility index (Phi) is 5.02. The van der Waals surface area contributed by atoms with E-state index in [9.17, 15) is 19.7 Å². The number of hydrogen-bond donors (Lipinski definition) is 2. The lowest BCUT2D eigenvalue weighted by Gasteiger charge is -2.25. The summed E-state index contributed by atoms with van der Waals surface area (Å²) in [5.41, 5.74) is -0.336. The molecule has 1 aromatic carbocycles. The first-order chi connectivity index (χ1) is 9.62. The summed E-state index contributed by atoms with van der Waals surface area (Å²) in [5, 5.41) is 22.3. The van der Waals surface area contributed by atoms with Crippen LogP contribution in [0.25, 0.3) is 0 Å². The van der Waals surface area contributed by atoms with Gasteiger partial charge >= 0.3 is 5.97 Å². The summed E-state index contributed by atoms with van der Waals surface area (Å²) < 4.78 is 0. The van der Waals surface area contributed by atoms with Gasteiger partial charge in [0.25, 0.3) is 11.6 Å². The Morgan fingerprint density at radius 2 is 2.00 bits per heavy atom. The highest BCUT2D eigenvalue weighted by Crippen LogP contribution is 2.21. The Balaban J connectivity index is 2.96. The van der Waals surface area contributed by atoms with Gasteiger partial charge in [-0.15, -0.1) is 0 Å². The van der Waals surface area contributed by atoms with Crippen LogP contribution < -0.4 is 5.32 Å². The first-order valence-electron chi connectivity index (χ1n) is 6.42. The molecule has 114 valence electrons. The minimum absolute atomic E-state index is 0.0246. The largest absolute Gasteiger partial charge is 0.481 e. The van der Waals surface area contributed by atoms with E-state index in [0.717, 1.165) is 5.56 Å². The summed E-state index contributed by atoms with van der Waals surface area (Å²) in [7, 11) is 0. The monoisotopic (exact) mass is 294 g/mol. The molecule has 0 atom stereocenters. The summed E-state index contributed by atoms with van der Waals surface area (Å²) >= 11 is 0. The number of hydrogen-bond acceptors (Lipinski definition) is 4. The van der Waals surface area contributed by atoms with Crippen molar-refractivity contribution >= 4 is 17.6 Å². The van der Waals surface area contributed by atoms with Crippen molar-refractivity contribution in [2.24, 2.45) is 0 Å². The normalized spacial score (nSPS) is 11.0. The van der Waals surface area contributed by atoms with Crippen molar-refractivity contribution < 1.29 is 19.6 Å². The van der Waals surface area contributed by atoms with E-state index in [2.05, 4.69) is 5.32 Å². The van der Waals surface area contributed by atoms with Crippen molar-refractivity contribution in [1.82, 2.24) is 5.32 Å². The van der Waals surface area contributed by atoms with Crippen molar-refractivity contribution in [2.75, 3.05) is 0 Å². The first-order valence-corrected chi connectivity index (χ1v) is 6.42. The van der Waals surface area contributed by atoms with E-state index in [0.29, 0.717) is 0 Å². The van der Waals surface area contributed by atoms with Crippen molar-refractivity contribution in [3.63, 3.8) is 0 Å². The molecule has 0 aliphatic heterocycles. The van der Waals surface area contributed by atoms with Crippen molar-refractivity contribution in [1.29, 1.82) is 0 Å². The number of nitro benzene ring substituents is 1. The van der Waals surface area contributed by atoms with Crippen LogP contribution in [-0.2, 0) is 4.79 Å². The third-order valence-corrected chi connectivity index (χ3v) is 3.01. The molecule has 0 radical (unpaired) electrons. The van der Waals surface area contributed by atoms with Crippen LogP contribution >= 0.6 is 0 Å². The van der Waals surface area contributed by atoms with Gasteiger partial charge in [-0.05, 0) is 38.8 Å². The molecule has 0 aliphatic carbocycles. The third-order valence-electron chi connectivity index (χ3n) is 3.01. The van der Waals surface area contributed by atoms with Gasteiger partial charge < -0.3 is 10.4 Å². The molecule has 0 saturated heterocycles. The molecule has 0 heterocycles. The summed E-state index contributed by atoms with van der Waals surface area (Å²) in [5.74, 6) is -1.54. The molecule has 0 spiro atoms. The number of benzene rings is 1. The standard InChI is InChI=1S/C14H18N2O5/c1-9-4-5-11(16(20)21)10(8-9)13(19)15-14(2,3)7-6-12(17)18/h4-5,8H,6-7H2,1-3H3,(H,15,19)(H,17,18).